The van der Waals surface area contributed by atoms with Crippen molar-refractivity contribution in [3.05, 3.63) is 29.8 Å². The summed E-state index contributed by atoms with van der Waals surface area (Å²) < 4.78 is 5.85. The van der Waals surface area contributed by atoms with Crippen LogP contribution in [-0.2, 0) is 16.0 Å². The van der Waals surface area contributed by atoms with Gasteiger partial charge in [-0.1, -0.05) is 25.1 Å². The fraction of sp³-hybridized carbons (Fsp3) is 0.650. The number of fused-ring (bicyclic) bond motifs is 1. The molecule has 1 fully saturated rings. The van der Waals surface area contributed by atoms with Crippen molar-refractivity contribution in [1.82, 2.24) is 4.90 Å². The van der Waals surface area contributed by atoms with Gasteiger partial charge in [-0.25, -0.2) is 0 Å². The number of amides is 1. The van der Waals surface area contributed by atoms with E-state index < -0.39 is 0 Å². The van der Waals surface area contributed by atoms with E-state index in [1.165, 1.54) is 5.56 Å². The van der Waals surface area contributed by atoms with Crippen LogP contribution in [0.15, 0.2) is 24.3 Å². The molecule has 2 aliphatic heterocycles. The van der Waals surface area contributed by atoms with E-state index in [4.69, 9.17) is 4.74 Å². The molecule has 24 heavy (non-hydrogen) atoms. The number of para-hydroxylation sites is 1. The monoisotopic (exact) mass is 330 g/mol. The molecule has 0 radical (unpaired) electrons. The van der Waals surface area contributed by atoms with Crippen LogP contribution in [0.4, 0.5) is 5.69 Å². The second kappa shape index (κ2) is 8.63. The SMILES string of the molecule is CCCOC1CCN(CCCN2C(=O)CCc3ccccc32)CC1. The molecule has 1 amide bonds. The maximum absolute atomic E-state index is 12.3. The molecule has 0 bridgehead atoms. The van der Waals surface area contributed by atoms with E-state index in [0.29, 0.717) is 12.5 Å². The Morgan fingerprint density at radius 2 is 1.92 bits per heavy atom. The van der Waals surface area contributed by atoms with Crippen molar-refractivity contribution < 1.29 is 9.53 Å². The number of piperidine rings is 1. The predicted octanol–water partition coefficient (Wildman–Crippen LogP) is 3.25. The van der Waals surface area contributed by atoms with Crippen LogP contribution in [-0.4, -0.2) is 49.7 Å². The molecule has 0 aliphatic carbocycles. The van der Waals surface area contributed by atoms with E-state index in [-0.39, 0.29) is 5.91 Å². The zero-order valence-corrected chi connectivity index (χ0v) is 14.9. The molecule has 1 aromatic carbocycles. The third-order valence-electron chi connectivity index (χ3n) is 5.14. The first-order chi connectivity index (χ1) is 11.8. The molecular formula is C20H30N2O2. The Bertz CT molecular complexity index is 538. The summed E-state index contributed by atoms with van der Waals surface area (Å²) in [6, 6.07) is 8.34. The molecule has 4 heteroatoms. The van der Waals surface area contributed by atoms with Crippen LogP contribution in [0.5, 0.6) is 0 Å². The minimum absolute atomic E-state index is 0.278. The molecule has 1 aromatic rings. The van der Waals surface area contributed by atoms with Crippen LogP contribution >= 0.6 is 0 Å². The lowest BCUT2D eigenvalue weighted by molar-refractivity contribution is -0.118. The molecule has 4 nitrogen and oxygen atoms in total. The lowest BCUT2D eigenvalue weighted by atomic mass is 10.0. The van der Waals surface area contributed by atoms with Gasteiger partial charge in [0.25, 0.3) is 0 Å². The number of hydrogen-bond acceptors (Lipinski definition) is 3. The van der Waals surface area contributed by atoms with Crippen molar-refractivity contribution in [1.29, 1.82) is 0 Å². The van der Waals surface area contributed by atoms with Gasteiger partial charge in [0.2, 0.25) is 5.91 Å². The summed E-state index contributed by atoms with van der Waals surface area (Å²) in [6.07, 6.45) is 6.42. The van der Waals surface area contributed by atoms with E-state index in [0.717, 1.165) is 70.6 Å². The van der Waals surface area contributed by atoms with Crippen LogP contribution in [0.25, 0.3) is 0 Å². The highest BCUT2D eigenvalue weighted by Gasteiger charge is 2.24. The topological polar surface area (TPSA) is 32.8 Å². The van der Waals surface area contributed by atoms with Gasteiger partial charge >= 0.3 is 0 Å². The first kappa shape index (κ1) is 17.4. The van der Waals surface area contributed by atoms with E-state index >= 15 is 0 Å². The Hall–Kier alpha value is -1.39. The number of benzene rings is 1. The van der Waals surface area contributed by atoms with Gasteiger partial charge in [-0.15, -0.1) is 0 Å². The molecule has 0 atom stereocenters. The number of carbonyl (C=O) groups is 1. The largest absolute Gasteiger partial charge is 0.378 e. The third-order valence-corrected chi connectivity index (χ3v) is 5.14. The normalized spacial score (nSPS) is 19.5. The maximum Gasteiger partial charge on any atom is 0.227 e. The zero-order chi connectivity index (χ0) is 16.8. The Labute approximate surface area is 145 Å². The molecular weight excluding hydrogens is 300 g/mol. The molecule has 0 saturated carbocycles. The van der Waals surface area contributed by atoms with E-state index in [1.807, 2.05) is 11.0 Å². The average molecular weight is 330 g/mol. The summed E-state index contributed by atoms with van der Waals surface area (Å²) in [5.41, 5.74) is 2.44. The van der Waals surface area contributed by atoms with Crippen LogP contribution in [0.3, 0.4) is 0 Å². The van der Waals surface area contributed by atoms with Crippen LogP contribution in [0, 0.1) is 0 Å². The summed E-state index contributed by atoms with van der Waals surface area (Å²) in [5, 5.41) is 0. The number of nitrogens with zero attached hydrogens (tertiary/aromatic N) is 2. The van der Waals surface area contributed by atoms with E-state index in [2.05, 4.69) is 30.0 Å². The number of likely N-dealkylation sites (tertiary alicyclic amines) is 1. The van der Waals surface area contributed by atoms with Crippen molar-refractivity contribution in [3.63, 3.8) is 0 Å². The minimum Gasteiger partial charge on any atom is -0.378 e. The average Bonchev–Trinajstić information content (AvgIpc) is 2.63. The second-order valence-corrected chi connectivity index (χ2v) is 6.94. The first-order valence-electron chi connectivity index (χ1n) is 9.50. The van der Waals surface area contributed by atoms with Crippen LogP contribution in [0.1, 0.15) is 44.6 Å². The molecule has 3 rings (SSSR count). The van der Waals surface area contributed by atoms with Gasteiger partial charge in [0.1, 0.15) is 0 Å². The first-order valence-corrected chi connectivity index (χ1v) is 9.50. The molecule has 132 valence electrons. The molecule has 0 spiro atoms. The summed E-state index contributed by atoms with van der Waals surface area (Å²) in [5.74, 6) is 0.278. The van der Waals surface area contributed by atoms with E-state index in [1.54, 1.807) is 0 Å². The Morgan fingerprint density at radius 1 is 1.12 bits per heavy atom. The summed E-state index contributed by atoms with van der Waals surface area (Å²) in [7, 11) is 0. The van der Waals surface area contributed by atoms with Crippen molar-refractivity contribution in [2.24, 2.45) is 0 Å². The van der Waals surface area contributed by atoms with Gasteiger partial charge in [-0.2, -0.15) is 0 Å². The van der Waals surface area contributed by atoms with Gasteiger partial charge in [0.05, 0.1) is 6.10 Å². The molecule has 2 heterocycles. The van der Waals surface area contributed by atoms with Crippen LogP contribution in [0.2, 0.25) is 0 Å². The quantitative estimate of drug-likeness (QED) is 0.769. The van der Waals surface area contributed by atoms with Crippen LogP contribution < -0.4 is 4.90 Å². The van der Waals surface area contributed by atoms with Gasteiger partial charge in [-0.05, 0) is 50.3 Å². The summed E-state index contributed by atoms with van der Waals surface area (Å²) in [6.45, 7) is 7.21. The van der Waals surface area contributed by atoms with Crippen molar-refractivity contribution in [3.8, 4) is 0 Å². The highest BCUT2D eigenvalue weighted by atomic mass is 16.5. The molecule has 0 unspecified atom stereocenters. The number of anilines is 1. The number of aryl methyl sites for hydroxylation is 1. The highest BCUT2D eigenvalue weighted by molar-refractivity contribution is 5.96. The lowest BCUT2D eigenvalue weighted by Gasteiger charge is -2.33. The van der Waals surface area contributed by atoms with Crippen molar-refractivity contribution in [2.45, 2.75) is 51.6 Å². The fourth-order valence-corrected chi connectivity index (χ4v) is 3.78. The number of hydrogen-bond donors (Lipinski definition) is 0. The summed E-state index contributed by atoms with van der Waals surface area (Å²) in [4.78, 5) is 16.8. The highest BCUT2D eigenvalue weighted by Crippen LogP contribution is 2.27. The minimum atomic E-state index is 0.278. The zero-order valence-electron chi connectivity index (χ0n) is 14.9. The molecule has 2 aliphatic rings. The molecule has 0 aromatic heterocycles. The van der Waals surface area contributed by atoms with Crippen molar-refractivity contribution in [2.75, 3.05) is 37.7 Å². The van der Waals surface area contributed by atoms with Crippen molar-refractivity contribution >= 4 is 11.6 Å². The maximum atomic E-state index is 12.3. The van der Waals surface area contributed by atoms with Gasteiger partial charge in [0, 0.05) is 38.3 Å². The number of ether oxygens (including phenoxy) is 1. The second-order valence-electron chi connectivity index (χ2n) is 6.94. The van der Waals surface area contributed by atoms with Gasteiger partial charge in [0.15, 0.2) is 0 Å². The molecule has 1 saturated heterocycles. The Morgan fingerprint density at radius 3 is 2.71 bits per heavy atom. The Balaban J connectivity index is 1.43. The number of carbonyl (C=O) groups excluding carboxylic acids is 1. The van der Waals surface area contributed by atoms with Gasteiger partial charge < -0.3 is 14.5 Å². The Kier molecular flexibility index (Phi) is 6.27. The fourth-order valence-electron chi connectivity index (χ4n) is 3.78. The summed E-state index contributed by atoms with van der Waals surface area (Å²) >= 11 is 0. The number of rotatable bonds is 7. The van der Waals surface area contributed by atoms with E-state index in [9.17, 15) is 4.79 Å². The third kappa shape index (κ3) is 4.37. The predicted molar refractivity (Wildman–Crippen MR) is 97.4 cm³/mol. The smallest absolute Gasteiger partial charge is 0.227 e. The lowest BCUT2D eigenvalue weighted by Crippen LogP contribution is -2.40. The van der Waals surface area contributed by atoms with Gasteiger partial charge in [-0.3, -0.25) is 4.79 Å². The standard InChI is InChI=1S/C20H30N2O2/c1-2-16-24-18-10-14-21(15-11-18)12-5-13-22-19-7-4-3-6-17(19)8-9-20(22)23/h3-4,6-7,18H,2,5,8-16H2,1H3. The molecule has 0 N–H and O–H groups in total.